The van der Waals surface area contributed by atoms with Crippen molar-refractivity contribution < 1.29 is 13.9 Å². The fourth-order valence-corrected chi connectivity index (χ4v) is 3.79. The van der Waals surface area contributed by atoms with Crippen molar-refractivity contribution in [2.24, 2.45) is 0 Å². The van der Waals surface area contributed by atoms with Crippen molar-refractivity contribution in [2.45, 2.75) is 38.3 Å². The average Bonchev–Trinajstić information content (AvgIpc) is 2.98. The van der Waals surface area contributed by atoms with Gasteiger partial charge in [-0.15, -0.1) is 0 Å². The lowest BCUT2D eigenvalue weighted by molar-refractivity contribution is 0.0451. The minimum absolute atomic E-state index is 0.0599. The topological polar surface area (TPSA) is 47.4 Å². The first-order valence-corrected chi connectivity index (χ1v) is 8.84. The first kappa shape index (κ1) is 16.3. The van der Waals surface area contributed by atoms with E-state index in [0.717, 1.165) is 38.2 Å². The van der Waals surface area contributed by atoms with Crippen LogP contribution in [0.1, 0.15) is 53.0 Å². The predicted molar refractivity (Wildman–Crippen MR) is 90.8 cm³/mol. The van der Waals surface area contributed by atoms with Crippen molar-refractivity contribution in [3.8, 4) is 0 Å². The van der Waals surface area contributed by atoms with Crippen molar-refractivity contribution in [2.75, 3.05) is 19.8 Å². The number of amides is 1. The quantitative estimate of drug-likeness (QED) is 0.859. The molecule has 0 spiro atoms. The number of hydrogen-bond acceptors (Lipinski definition) is 3. The number of likely N-dealkylation sites (tertiary alicyclic amines) is 1. The Bertz CT molecular complexity index is 783. The summed E-state index contributed by atoms with van der Waals surface area (Å²) in [4.78, 5) is 14.7. The molecule has 1 aromatic carbocycles. The maximum atomic E-state index is 14.1. The van der Waals surface area contributed by atoms with E-state index < -0.39 is 0 Å². The van der Waals surface area contributed by atoms with Crippen LogP contribution in [0, 0.1) is 12.7 Å². The van der Waals surface area contributed by atoms with Crippen LogP contribution in [0.15, 0.2) is 30.5 Å². The molecule has 2 fully saturated rings. The maximum Gasteiger partial charge on any atom is 0.257 e. The third kappa shape index (κ3) is 2.84. The van der Waals surface area contributed by atoms with Crippen LogP contribution in [-0.2, 0) is 4.74 Å². The largest absolute Gasteiger partial charge is 0.381 e. The lowest BCUT2D eigenvalue weighted by Gasteiger charge is -2.41. The molecule has 132 valence electrons. The van der Waals surface area contributed by atoms with Crippen molar-refractivity contribution >= 4 is 5.91 Å². The van der Waals surface area contributed by atoms with Crippen LogP contribution in [0.3, 0.4) is 0 Å². The highest BCUT2D eigenvalue weighted by Gasteiger charge is 2.36. The molecule has 0 aliphatic carbocycles. The van der Waals surface area contributed by atoms with Gasteiger partial charge in [0, 0.05) is 31.0 Å². The molecule has 2 aromatic rings. The summed E-state index contributed by atoms with van der Waals surface area (Å²) in [6.45, 7) is 4.05. The van der Waals surface area contributed by atoms with Gasteiger partial charge in [-0.2, -0.15) is 5.10 Å². The van der Waals surface area contributed by atoms with Gasteiger partial charge in [0.15, 0.2) is 0 Å². The van der Waals surface area contributed by atoms with E-state index >= 15 is 0 Å². The highest BCUT2D eigenvalue weighted by molar-refractivity contribution is 5.95. The van der Waals surface area contributed by atoms with Crippen molar-refractivity contribution in [3.63, 3.8) is 0 Å². The predicted octanol–water partition coefficient (Wildman–Crippen LogP) is 3.27. The van der Waals surface area contributed by atoms with Crippen molar-refractivity contribution in [3.05, 3.63) is 53.1 Å². The van der Waals surface area contributed by atoms with Gasteiger partial charge in [0.1, 0.15) is 5.82 Å². The molecule has 2 saturated heterocycles. The number of halogens is 1. The molecule has 3 heterocycles. The molecule has 0 N–H and O–H groups in total. The highest BCUT2D eigenvalue weighted by atomic mass is 19.1. The lowest BCUT2D eigenvalue weighted by Crippen LogP contribution is -2.45. The molecular formula is C19H22FN3O2. The molecule has 2 aliphatic heterocycles. The van der Waals surface area contributed by atoms with Gasteiger partial charge in [-0.3, -0.25) is 9.48 Å². The Kier molecular flexibility index (Phi) is 4.29. The van der Waals surface area contributed by atoms with E-state index in [2.05, 4.69) is 5.10 Å². The van der Waals surface area contributed by atoms with Crippen LogP contribution in [0.4, 0.5) is 4.39 Å². The van der Waals surface area contributed by atoms with Crippen LogP contribution < -0.4 is 0 Å². The number of carbonyl (C=O) groups is 1. The van der Waals surface area contributed by atoms with Crippen LogP contribution in [0.5, 0.6) is 0 Å². The number of aromatic nitrogens is 2. The second-order valence-corrected chi connectivity index (χ2v) is 6.76. The van der Waals surface area contributed by atoms with Gasteiger partial charge in [-0.05, 0) is 32.3 Å². The number of ether oxygens (including phenoxy) is 1. The summed E-state index contributed by atoms with van der Waals surface area (Å²) in [6, 6.07) is 6.80. The van der Waals surface area contributed by atoms with Gasteiger partial charge >= 0.3 is 0 Å². The Morgan fingerprint density at radius 3 is 2.68 bits per heavy atom. The number of hydrogen-bond donors (Lipinski definition) is 0. The molecule has 1 unspecified atom stereocenters. The SMILES string of the molecule is Cc1c(C(=O)N2CCC2c2ccccc2F)cnn1C1CCOCC1. The van der Waals surface area contributed by atoms with Crippen LogP contribution in [0.2, 0.25) is 0 Å². The van der Waals surface area contributed by atoms with Crippen molar-refractivity contribution in [1.29, 1.82) is 0 Å². The number of carbonyl (C=O) groups excluding carboxylic acids is 1. The Labute approximate surface area is 146 Å². The van der Waals surface area contributed by atoms with E-state index in [1.165, 1.54) is 6.07 Å². The Morgan fingerprint density at radius 2 is 2.00 bits per heavy atom. The van der Waals surface area contributed by atoms with E-state index in [4.69, 9.17) is 4.74 Å². The smallest absolute Gasteiger partial charge is 0.257 e. The van der Waals surface area contributed by atoms with Gasteiger partial charge < -0.3 is 9.64 Å². The summed E-state index contributed by atoms with van der Waals surface area (Å²) in [5.41, 5.74) is 2.10. The van der Waals surface area contributed by atoms with Gasteiger partial charge in [-0.1, -0.05) is 18.2 Å². The van der Waals surface area contributed by atoms with E-state index in [1.54, 1.807) is 23.2 Å². The molecule has 0 radical (unpaired) electrons. The summed E-state index contributed by atoms with van der Waals surface area (Å²) in [5.74, 6) is -0.310. The summed E-state index contributed by atoms with van der Waals surface area (Å²) >= 11 is 0. The molecule has 0 bridgehead atoms. The highest BCUT2D eigenvalue weighted by Crippen LogP contribution is 2.36. The number of benzene rings is 1. The zero-order valence-electron chi connectivity index (χ0n) is 14.3. The molecule has 2 aliphatic rings. The zero-order chi connectivity index (χ0) is 17.4. The summed E-state index contributed by atoms with van der Waals surface area (Å²) < 4.78 is 21.4. The van der Waals surface area contributed by atoms with E-state index in [1.807, 2.05) is 17.7 Å². The summed E-state index contributed by atoms with van der Waals surface area (Å²) in [6.07, 6.45) is 4.28. The Hall–Kier alpha value is -2.21. The Balaban J connectivity index is 1.55. The summed E-state index contributed by atoms with van der Waals surface area (Å²) in [7, 11) is 0. The zero-order valence-corrected chi connectivity index (χ0v) is 14.3. The van der Waals surface area contributed by atoms with Gasteiger partial charge in [0.2, 0.25) is 0 Å². The molecule has 1 atom stereocenters. The maximum absolute atomic E-state index is 14.1. The normalized spacial score (nSPS) is 21.2. The van der Waals surface area contributed by atoms with Crippen LogP contribution in [0.25, 0.3) is 0 Å². The minimum Gasteiger partial charge on any atom is -0.381 e. The molecule has 25 heavy (non-hydrogen) atoms. The first-order valence-electron chi connectivity index (χ1n) is 8.84. The standard InChI is InChI=1S/C19H22FN3O2/c1-13-16(12-21-23(13)14-7-10-25-11-8-14)19(24)22-9-6-18(22)15-4-2-3-5-17(15)20/h2-5,12,14,18H,6-11H2,1H3. The first-order chi connectivity index (χ1) is 12.2. The third-order valence-corrected chi connectivity index (χ3v) is 5.36. The fourth-order valence-electron chi connectivity index (χ4n) is 3.79. The van der Waals surface area contributed by atoms with Crippen LogP contribution >= 0.6 is 0 Å². The Morgan fingerprint density at radius 1 is 1.24 bits per heavy atom. The van der Waals surface area contributed by atoms with Gasteiger partial charge in [0.25, 0.3) is 5.91 Å². The van der Waals surface area contributed by atoms with Gasteiger partial charge in [0.05, 0.1) is 23.8 Å². The molecule has 4 rings (SSSR count). The number of rotatable bonds is 3. The van der Waals surface area contributed by atoms with E-state index in [-0.39, 0.29) is 23.8 Å². The number of nitrogens with zero attached hydrogens (tertiary/aromatic N) is 3. The molecule has 5 nitrogen and oxygen atoms in total. The van der Waals surface area contributed by atoms with E-state index in [0.29, 0.717) is 17.7 Å². The monoisotopic (exact) mass is 343 g/mol. The average molecular weight is 343 g/mol. The van der Waals surface area contributed by atoms with Crippen LogP contribution in [-0.4, -0.2) is 40.3 Å². The molecule has 0 saturated carbocycles. The second-order valence-electron chi connectivity index (χ2n) is 6.76. The molecule has 6 heteroatoms. The molecule has 1 aromatic heterocycles. The minimum atomic E-state index is -0.250. The summed E-state index contributed by atoms with van der Waals surface area (Å²) in [5, 5.41) is 4.46. The fraction of sp³-hybridized carbons (Fsp3) is 0.474. The molecular weight excluding hydrogens is 321 g/mol. The second kappa shape index (κ2) is 6.59. The third-order valence-electron chi connectivity index (χ3n) is 5.36. The van der Waals surface area contributed by atoms with E-state index in [9.17, 15) is 9.18 Å². The lowest BCUT2D eigenvalue weighted by atomic mass is 9.93. The molecule has 1 amide bonds. The van der Waals surface area contributed by atoms with Crippen molar-refractivity contribution in [1.82, 2.24) is 14.7 Å². The van der Waals surface area contributed by atoms with Gasteiger partial charge in [-0.25, -0.2) is 4.39 Å².